The lowest BCUT2D eigenvalue weighted by molar-refractivity contribution is 0.559. The number of guanidine groups is 1. The number of thioether (sulfide) groups is 1. The maximum Gasteiger partial charge on any atom is 0.336 e. The summed E-state index contributed by atoms with van der Waals surface area (Å²) in [4.78, 5) is 15.3. The number of rotatable bonds is 4. The highest BCUT2D eigenvalue weighted by molar-refractivity contribution is 7.98. The molecular weight excluding hydrogens is 250 g/mol. The zero-order valence-electron chi connectivity index (χ0n) is 9.63. The van der Waals surface area contributed by atoms with E-state index in [1.807, 2.05) is 18.2 Å². The third-order valence-corrected chi connectivity index (χ3v) is 3.16. The van der Waals surface area contributed by atoms with Gasteiger partial charge in [-0.25, -0.2) is 9.79 Å². The van der Waals surface area contributed by atoms with Crippen molar-refractivity contribution in [3.8, 4) is 0 Å². The van der Waals surface area contributed by atoms with Crippen LogP contribution in [0.5, 0.6) is 0 Å². The number of nitrogens with two attached hydrogens (primary N) is 2. The Morgan fingerprint density at radius 3 is 2.89 bits per heavy atom. The molecule has 2 aromatic rings. The molecule has 0 saturated heterocycles. The fourth-order valence-electron chi connectivity index (χ4n) is 1.57. The average Bonchev–Trinajstić information content (AvgIpc) is 2.34. The molecule has 1 heterocycles. The van der Waals surface area contributed by atoms with E-state index in [2.05, 4.69) is 4.99 Å². The first-order chi connectivity index (χ1) is 8.66. The highest BCUT2D eigenvalue weighted by atomic mass is 32.2. The molecule has 0 aliphatic rings. The molecular formula is C12H13N3O2S. The summed E-state index contributed by atoms with van der Waals surface area (Å²) in [6, 6.07) is 8.95. The van der Waals surface area contributed by atoms with E-state index >= 15 is 0 Å². The van der Waals surface area contributed by atoms with Gasteiger partial charge in [-0.2, -0.15) is 0 Å². The third-order valence-electron chi connectivity index (χ3n) is 2.33. The molecule has 0 fully saturated rings. The SMILES string of the molecule is NC(N)=NCSCc1cc(=O)oc2ccccc12. The van der Waals surface area contributed by atoms with Gasteiger partial charge in [-0.1, -0.05) is 18.2 Å². The van der Waals surface area contributed by atoms with Crippen molar-refractivity contribution < 1.29 is 4.42 Å². The van der Waals surface area contributed by atoms with Crippen molar-refractivity contribution in [1.29, 1.82) is 0 Å². The van der Waals surface area contributed by atoms with Crippen molar-refractivity contribution in [2.75, 3.05) is 5.88 Å². The number of nitrogens with zero attached hydrogens (tertiary/aromatic N) is 1. The predicted molar refractivity (Wildman–Crippen MR) is 74.5 cm³/mol. The molecule has 5 nitrogen and oxygen atoms in total. The molecule has 6 heteroatoms. The van der Waals surface area contributed by atoms with Crippen molar-refractivity contribution in [3.05, 3.63) is 46.3 Å². The first-order valence-electron chi connectivity index (χ1n) is 5.32. The fourth-order valence-corrected chi connectivity index (χ4v) is 2.36. The number of aliphatic imine (C=N–C) groups is 1. The van der Waals surface area contributed by atoms with Gasteiger partial charge in [0.05, 0.1) is 5.88 Å². The molecule has 0 amide bonds. The highest BCUT2D eigenvalue weighted by Gasteiger charge is 2.04. The lowest BCUT2D eigenvalue weighted by Gasteiger charge is -2.03. The normalized spacial score (nSPS) is 10.4. The minimum Gasteiger partial charge on any atom is -0.423 e. The average molecular weight is 263 g/mol. The Morgan fingerprint density at radius 2 is 2.11 bits per heavy atom. The fraction of sp³-hybridized carbons (Fsp3) is 0.167. The molecule has 18 heavy (non-hydrogen) atoms. The topological polar surface area (TPSA) is 94.6 Å². The Bertz CT molecular complexity index is 633. The highest BCUT2D eigenvalue weighted by Crippen LogP contribution is 2.20. The van der Waals surface area contributed by atoms with Gasteiger partial charge >= 0.3 is 5.63 Å². The van der Waals surface area contributed by atoms with Gasteiger partial charge in [-0.15, -0.1) is 11.8 Å². The zero-order chi connectivity index (χ0) is 13.0. The van der Waals surface area contributed by atoms with Crippen LogP contribution in [0.2, 0.25) is 0 Å². The molecule has 0 saturated carbocycles. The molecule has 4 N–H and O–H groups in total. The minimum absolute atomic E-state index is 0.0694. The van der Waals surface area contributed by atoms with Crippen LogP contribution >= 0.6 is 11.8 Å². The van der Waals surface area contributed by atoms with Gasteiger partial charge in [-0.05, 0) is 11.6 Å². The smallest absolute Gasteiger partial charge is 0.336 e. The molecule has 0 bridgehead atoms. The summed E-state index contributed by atoms with van der Waals surface area (Å²) < 4.78 is 5.11. The molecule has 0 aliphatic carbocycles. The molecule has 0 atom stereocenters. The first-order valence-corrected chi connectivity index (χ1v) is 6.47. The second kappa shape index (κ2) is 5.59. The number of fused-ring (bicyclic) bond motifs is 1. The summed E-state index contributed by atoms with van der Waals surface area (Å²) in [6.07, 6.45) is 0. The maximum atomic E-state index is 11.4. The van der Waals surface area contributed by atoms with Crippen molar-refractivity contribution in [1.82, 2.24) is 0 Å². The third kappa shape index (κ3) is 3.04. The van der Waals surface area contributed by atoms with Crippen LogP contribution in [0.4, 0.5) is 0 Å². The zero-order valence-corrected chi connectivity index (χ0v) is 10.4. The standard InChI is InChI=1S/C12H13N3O2S/c13-12(14)15-7-18-6-8-5-11(16)17-10-4-2-1-3-9(8)10/h1-5H,6-7H2,(H4,13,14,15). The first kappa shape index (κ1) is 12.5. The summed E-state index contributed by atoms with van der Waals surface area (Å²) in [6.45, 7) is 0. The van der Waals surface area contributed by atoms with Crippen LogP contribution in [0.25, 0.3) is 11.0 Å². The quantitative estimate of drug-likeness (QED) is 0.375. The molecule has 0 unspecified atom stereocenters. The lowest BCUT2D eigenvalue weighted by atomic mass is 10.1. The van der Waals surface area contributed by atoms with E-state index < -0.39 is 0 Å². The summed E-state index contributed by atoms with van der Waals surface area (Å²) in [5.41, 5.74) is 11.7. The van der Waals surface area contributed by atoms with Crippen LogP contribution in [-0.4, -0.2) is 11.8 Å². The Morgan fingerprint density at radius 1 is 1.33 bits per heavy atom. The Balaban J connectivity index is 2.22. The van der Waals surface area contributed by atoms with E-state index in [4.69, 9.17) is 15.9 Å². The van der Waals surface area contributed by atoms with Crippen molar-refractivity contribution in [2.45, 2.75) is 5.75 Å². The summed E-state index contributed by atoms with van der Waals surface area (Å²) in [5.74, 6) is 1.19. The van der Waals surface area contributed by atoms with E-state index in [1.165, 1.54) is 17.8 Å². The number of hydrogen-bond donors (Lipinski definition) is 2. The summed E-state index contributed by atoms with van der Waals surface area (Å²) in [5, 5.41) is 0.939. The number of para-hydroxylation sites is 1. The number of hydrogen-bond acceptors (Lipinski definition) is 4. The molecule has 94 valence electrons. The van der Waals surface area contributed by atoms with E-state index in [0.29, 0.717) is 17.2 Å². The molecule has 1 aromatic heterocycles. The van der Waals surface area contributed by atoms with Crippen molar-refractivity contribution in [3.63, 3.8) is 0 Å². The van der Waals surface area contributed by atoms with E-state index in [-0.39, 0.29) is 11.6 Å². The van der Waals surface area contributed by atoms with Gasteiger partial charge in [0.2, 0.25) is 0 Å². The van der Waals surface area contributed by atoms with E-state index in [1.54, 1.807) is 6.07 Å². The molecule has 0 aliphatic heterocycles. The van der Waals surface area contributed by atoms with Crippen molar-refractivity contribution >= 4 is 28.7 Å². The molecule has 2 rings (SSSR count). The summed E-state index contributed by atoms with van der Waals surface area (Å²) in [7, 11) is 0. The molecule has 0 radical (unpaired) electrons. The Hall–Kier alpha value is -1.95. The van der Waals surface area contributed by atoms with Gasteiger partial charge in [-0.3, -0.25) is 0 Å². The van der Waals surface area contributed by atoms with Gasteiger partial charge in [0.1, 0.15) is 5.58 Å². The monoisotopic (exact) mass is 263 g/mol. The number of benzene rings is 1. The Labute approximate surface area is 108 Å². The molecule has 1 aromatic carbocycles. The second-order valence-electron chi connectivity index (χ2n) is 3.65. The van der Waals surface area contributed by atoms with Crippen molar-refractivity contribution in [2.24, 2.45) is 16.5 Å². The second-order valence-corrected chi connectivity index (χ2v) is 4.60. The minimum atomic E-state index is -0.342. The lowest BCUT2D eigenvalue weighted by Crippen LogP contribution is -2.22. The molecule has 0 spiro atoms. The maximum absolute atomic E-state index is 11.4. The van der Waals surface area contributed by atoms with Crippen LogP contribution in [-0.2, 0) is 5.75 Å². The van der Waals surface area contributed by atoms with Crippen LogP contribution in [0, 0.1) is 0 Å². The summed E-state index contributed by atoms with van der Waals surface area (Å²) >= 11 is 1.53. The predicted octanol–water partition coefficient (Wildman–Crippen LogP) is 1.26. The Kier molecular flexibility index (Phi) is 3.88. The van der Waals surface area contributed by atoms with Crippen LogP contribution in [0.3, 0.4) is 0 Å². The largest absolute Gasteiger partial charge is 0.423 e. The van der Waals surface area contributed by atoms with Gasteiger partial charge in [0.25, 0.3) is 0 Å². The van der Waals surface area contributed by atoms with Crippen LogP contribution in [0.15, 0.2) is 44.5 Å². The van der Waals surface area contributed by atoms with E-state index in [0.717, 1.165) is 10.9 Å². The van der Waals surface area contributed by atoms with Gasteiger partial charge < -0.3 is 15.9 Å². The van der Waals surface area contributed by atoms with Gasteiger partial charge in [0, 0.05) is 17.2 Å². The van der Waals surface area contributed by atoms with Crippen LogP contribution < -0.4 is 17.1 Å². The van der Waals surface area contributed by atoms with Gasteiger partial charge in [0.15, 0.2) is 5.96 Å². The van der Waals surface area contributed by atoms with E-state index in [9.17, 15) is 4.79 Å². The van der Waals surface area contributed by atoms with Crippen LogP contribution in [0.1, 0.15) is 5.56 Å².